The molecule has 2 heterocycles. The van der Waals surface area contributed by atoms with Crippen LogP contribution in [0.3, 0.4) is 0 Å². The fraction of sp³-hybridized carbons (Fsp3) is 0. The van der Waals surface area contributed by atoms with Gasteiger partial charge in [-0.25, -0.2) is 4.98 Å². The maximum atomic E-state index is 5.61. The van der Waals surface area contributed by atoms with E-state index in [-0.39, 0.29) is 0 Å². The first-order valence-electron chi connectivity index (χ1n) is 5.50. The lowest BCUT2D eigenvalue weighted by Crippen LogP contribution is -1.86. The Morgan fingerprint density at radius 2 is 1.89 bits per heavy atom. The van der Waals surface area contributed by atoms with E-state index >= 15 is 0 Å². The van der Waals surface area contributed by atoms with E-state index in [0.29, 0.717) is 16.8 Å². The van der Waals surface area contributed by atoms with Crippen LogP contribution in [0.4, 0.5) is 0 Å². The Kier molecular flexibility index (Phi) is 3.69. The first kappa shape index (κ1) is 12.5. The van der Waals surface area contributed by atoms with E-state index in [4.69, 9.17) is 4.74 Å². The van der Waals surface area contributed by atoms with Gasteiger partial charge in [0.15, 0.2) is 5.82 Å². The first-order chi connectivity index (χ1) is 9.31. The lowest BCUT2D eigenvalue weighted by molar-refractivity contribution is 0.476. The molecule has 0 amide bonds. The summed E-state index contributed by atoms with van der Waals surface area (Å²) >= 11 is 3.38. The van der Waals surface area contributed by atoms with Crippen LogP contribution in [0.5, 0.6) is 10.9 Å². The molecule has 0 fully saturated rings. The van der Waals surface area contributed by atoms with Gasteiger partial charge in [-0.3, -0.25) is 0 Å². The van der Waals surface area contributed by atoms with Crippen molar-refractivity contribution in [3.63, 3.8) is 0 Å². The molecule has 0 unspecified atom stereocenters. The Balaban J connectivity index is 1.80. The summed E-state index contributed by atoms with van der Waals surface area (Å²) < 4.78 is 10.8. The number of ether oxygens (including phenoxy) is 1. The van der Waals surface area contributed by atoms with E-state index in [9.17, 15) is 0 Å². The van der Waals surface area contributed by atoms with Crippen molar-refractivity contribution in [1.29, 1.82) is 0 Å². The molecule has 3 aromatic rings. The molecule has 0 bridgehead atoms. The highest BCUT2D eigenvalue weighted by atomic mass is 127. The molecule has 0 saturated carbocycles. The van der Waals surface area contributed by atoms with Crippen LogP contribution >= 0.6 is 34.1 Å². The normalized spacial score (nSPS) is 10.4. The Morgan fingerprint density at radius 3 is 2.63 bits per heavy atom. The number of hydrogen-bond donors (Lipinski definition) is 0. The third-order valence-electron chi connectivity index (χ3n) is 2.34. The molecule has 0 aliphatic heterocycles. The number of aromatic nitrogens is 3. The number of rotatable bonds is 3. The summed E-state index contributed by atoms with van der Waals surface area (Å²) in [5.41, 5.74) is 0.981. The predicted octanol–water partition coefficient (Wildman–Crippen LogP) is 4.00. The van der Waals surface area contributed by atoms with E-state index in [2.05, 4.69) is 36.9 Å². The second-order valence-electron chi connectivity index (χ2n) is 3.67. The zero-order valence-corrected chi connectivity index (χ0v) is 12.6. The molecule has 0 aliphatic rings. The molecule has 0 radical (unpaired) electrons. The summed E-state index contributed by atoms with van der Waals surface area (Å²) in [7, 11) is 0. The minimum atomic E-state index is 0.516. The second kappa shape index (κ2) is 5.62. The van der Waals surface area contributed by atoms with Crippen LogP contribution in [0.2, 0.25) is 0 Å². The molecule has 0 N–H and O–H groups in total. The highest BCUT2D eigenvalue weighted by Gasteiger charge is 2.08. The van der Waals surface area contributed by atoms with Crippen LogP contribution in [-0.2, 0) is 0 Å². The van der Waals surface area contributed by atoms with Gasteiger partial charge in [0.2, 0.25) is 0 Å². The number of pyridine rings is 1. The summed E-state index contributed by atoms with van der Waals surface area (Å²) in [5, 5.41) is 0.516. The molecule has 0 spiro atoms. The van der Waals surface area contributed by atoms with E-state index < -0.39 is 0 Å². The van der Waals surface area contributed by atoms with Gasteiger partial charge in [0.25, 0.3) is 5.19 Å². The van der Waals surface area contributed by atoms with Crippen LogP contribution in [0, 0.1) is 3.70 Å². The van der Waals surface area contributed by atoms with Crippen LogP contribution in [0.15, 0.2) is 48.7 Å². The molecule has 0 aliphatic carbocycles. The minimum absolute atomic E-state index is 0.516. The Bertz CT molecular complexity index is 670. The van der Waals surface area contributed by atoms with Gasteiger partial charge < -0.3 is 4.74 Å². The van der Waals surface area contributed by atoms with Gasteiger partial charge in [0.05, 0.1) is 6.20 Å². The molecule has 19 heavy (non-hydrogen) atoms. The summed E-state index contributed by atoms with van der Waals surface area (Å²) in [6, 6.07) is 13.6. The van der Waals surface area contributed by atoms with Gasteiger partial charge in [-0.1, -0.05) is 30.3 Å². The van der Waals surface area contributed by atoms with Gasteiger partial charge in [0.1, 0.15) is 9.45 Å². The Labute approximate surface area is 127 Å². The van der Waals surface area contributed by atoms with Gasteiger partial charge in [-0.2, -0.15) is 9.36 Å². The fourth-order valence-corrected chi connectivity index (χ4v) is 2.37. The Hall–Kier alpha value is -1.54. The largest absolute Gasteiger partial charge is 0.428 e. The maximum absolute atomic E-state index is 5.61. The molecule has 1 aromatic carbocycles. The van der Waals surface area contributed by atoms with Crippen molar-refractivity contribution < 1.29 is 4.74 Å². The van der Waals surface area contributed by atoms with Crippen molar-refractivity contribution in [2.24, 2.45) is 0 Å². The summed E-state index contributed by atoms with van der Waals surface area (Å²) in [5.74, 6) is 1.34. The third kappa shape index (κ3) is 3.07. The standard InChI is InChI=1S/C13H8IN3OS/c14-11-7-6-10(8-15-11)18-13-16-12(17-19-13)9-4-2-1-3-5-9/h1-8H. The van der Waals surface area contributed by atoms with Crippen molar-refractivity contribution in [2.75, 3.05) is 0 Å². The fourth-order valence-electron chi connectivity index (χ4n) is 1.48. The second-order valence-corrected chi connectivity index (χ2v) is 5.49. The first-order valence-corrected chi connectivity index (χ1v) is 7.35. The van der Waals surface area contributed by atoms with Crippen molar-refractivity contribution >= 4 is 34.1 Å². The summed E-state index contributed by atoms with van der Waals surface area (Å²) in [4.78, 5) is 8.51. The number of nitrogens with zero attached hydrogens (tertiary/aromatic N) is 3. The molecule has 2 aromatic heterocycles. The van der Waals surface area contributed by atoms with Crippen LogP contribution in [0.25, 0.3) is 11.4 Å². The maximum Gasteiger partial charge on any atom is 0.299 e. The molecule has 3 rings (SSSR count). The Morgan fingerprint density at radius 1 is 1.05 bits per heavy atom. The minimum Gasteiger partial charge on any atom is -0.428 e. The number of halogens is 1. The third-order valence-corrected chi connectivity index (χ3v) is 3.58. The molecular formula is C13H8IN3OS. The summed E-state index contributed by atoms with van der Waals surface area (Å²) in [6.07, 6.45) is 1.67. The quantitative estimate of drug-likeness (QED) is 0.509. The molecule has 4 nitrogen and oxygen atoms in total. The molecule has 0 saturated heterocycles. The average molecular weight is 381 g/mol. The van der Waals surface area contributed by atoms with Crippen molar-refractivity contribution in [3.05, 3.63) is 52.4 Å². The van der Waals surface area contributed by atoms with Gasteiger partial charge in [-0.15, -0.1) is 0 Å². The van der Waals surface area contributed by atoms with E-state index in [1.54, 1.807) is 6.20 Å². The SMILES string of the molecule is Ic1ccc(Oc2nc(-c3ccccc3)ns2)cn1. The topological polar surface area (TPSA) is 47.9 Å². The van der Waals surface area contributed by atoms with Gasteiger partial charge >= 0.3 is 0 Å². The molecule has 6 heteroatoms. The lowest BCUT2D eigenvalue weighted by Gasteiger charge is -1.99. The number of hydrogen-bond acceptors (Lipinski definition) is 5. The average Bonchev–Trinajstić information content (AvgIpc) is 2.91. The van der Waals surface area contributed by atoms with E-state index in [1.165, 1.54) is 11.5 Å². The smallest absolute Gasteiger partial charge is 0.299 e. The van der Waals surface area contributed by atoms with Crippen molar-refractivity contribution in [3.8, 4) is 22.3 Å². The summed E-state index contributed by atoms with van der Waals surface area (Å²) in [6.45, 7) is 0. The van der Waals surface area contributed by atoms with E-state index in [1.807, 2.05) is 42.5 Å². The van der Waals surface area contributed by atoms with Crippen molar-refractivity contribution in [2.45, 2.75) is 0 Å². The van der Waals surface area contributed by atoms with Crippen molar-refractivity contribution in [1.82, 2.24) is 14.3 Å². The zero-order valence-electron chi connectivity index (χ0n) is 9.65. The highest BCUT2D eigenvalue weighted by molar-refractivity contribution is 14.1. The van der Waals surface area contributed by atoms with Gasteiger partial charge in [0, 0.05) is 17.1 Å². The van der Waals surface area contributed by atoms with E-state index in [0.717, 1.165) is 9.26 Å². The lowest BCUT2D eigenvalue weighted by atomic mass is 10.2. The monoisotopic (exact) mass is 381 g/mol. The van der Waals surface area contributed by atoms with Gasteiger partial charge in [-0.05, 0) is 34.7 Å². The van der Waals surface area contributed by atoms with Crippen LogP contribution < -0.4 is 4.74 Å². The van der Waals surface area contributed by atoms with Crippen LogP contribution in [-0.4, -0.2) is 14.3 Å². The zero-order chi connectivity index (χ0) is 13.1. The van der Waals surface area contributed by atoms with Crippen LogP contribution in [0.1, 0.15) is 0 Å². The molecule has 0 atom stereocenters. The number of benzene rings is 1. The molecule has 94 valence electrons. The predicted molar refractivity (Wildman–Crippen MR) is 82.4 cm³/mol. The molecular weight excluding hydrogens is 373 g/mol. The highest BCUT2D eigenvalue weighted by Crippen LogP contribution is 2.26.